The lowest BCUT2D eigenvalue weighted by atomic mass is 9.79. The number of fused-ring (bicyclic) bond motifs is 1. The molecular formula is C17H24Cl2N4. The number of piperazine rings is 1. The number of rotatable bonds is 2. The summed E-state index contributed by atoms with van der Waals surface area (Å²) in [6, 6.07) is 3.89. The molecule has 1 spiro atoms. The topological polar surface area (TPSA) is 32.6 Å². The first-order valence-corrected chi connectivity index (χ1v) is 8.72. The number of hydrogen-bond acceptors (Lipinski definition) is 3. The molecule has 4 nitrogen and oxygen atoms in total. The van der Waals surface area contributed by atoms with Crippen molar-refractivity contribution in [2.75, 3.05) is 19.6 Å². The predicted octanol–water partition coefficient (Wildman–Crippen LogP) is 3.52. The molecule has 1 saturated heterocycles. The Morgan fingerprint density at radius 2 is 2.00 bits per heavy atom. The van der Waals surface area contributed by atoms with Crippen LogP contribution < -0.4 is 5.32 Å². The number of pyridine rings is 1. The van der Waals surface area contributed by atoms with E-state index in [9.17, 15) is 0 Å². The summed E-state index contributed by atoms with van der Waals surface area (Å²) in [6.45, 7) is 4.28. The standard InChI is InChI=1S/C17H23ClN4.ClH/c18-14-4-5-16-20-15(11-21(16)10-14)12-22-9-8-19-13-17(22)6-2-1-3-7-17;/h4-5,10-11,19H,1-3,6-9,12-13H2;1H. The molecule has 126 valence electrons. The van der Waals surface area contributed by atoms with Gasteiger partial charge in [-0.05, 0) is 25.0 Å². The van der Waals surface area contributed by atoms with Crippen molar-refractivity contribution in [1.82, 2.24) is 19.6 Å². The van der Waals surface area contributed by atoms with Crippen LogP contribution in [-0.2, 0) is 6.54 Å². The molecule has 2 aliphatic rings. The molecule has 1 saturated carbocycles. The molecule has 4 rings (SSSR count). The van der Waals surface area contributed by atoms with Gasteiger partial charge >= 0.3 is 0 Å². The van der Waals surface area contributed by atoms with Gasteiger partial charge in [0, 0.05) is 44.1 Å². The number of halogens is 2. The fraction of sp³-hybridized carbons (Fsp3) is 0.588. The number of aromatic nitrogens is 2. The van der Waals surface area contributed by atoms with Crippen LogP contribution in [0.5, 0.6) is 0 Å². The van der Waals surface area contributed by atoms with Crippen LogP contribution in [0.3, 0.4) is 0 Å². The van der Waals surface area contributed by atoms with Gasteiger partial charge in [-0.25, -0.2) is 4.98 Å². The van der Waals surface area contributed by atoms with Gasteiger partial charge in [0.1, 0.15) is 5.65 Å². The lowest BCUT2D eigenvalue weighted by molar-refractivity contribution is 0.0200. The van der Waals surface area contributed by atoms with E-state index < -0.39 is 0 Å². The summed E-state index contributed by atoms with van der Waals surface area (Å²) in [5, 5.41) is 4.36. The van der Waals surface area contributed by atoms with Crippen LogP contribution in [0.1, 0.15) is 37.8 Å². The molecule has 0 bridgehead atoms. The first-order valence-electron chi connectivity index (χ1n) is 8.34. The number of hydrogen-bond donors (Lipinski definition) is 1. The van der Waals surface area contributed by atoms with E-state index >= 15 is 0 Å². The van der Waals surface area contributed by atoms with Crippen LogP contribution in [0.15, 0.2) is 24.5 Å². The minimum Gasteiger partial charge on any atom is -0.314 e. The van der Waals surface area contributed by atoms with Gasteiger partial charge in [0.2, 0.25) is 0 Å². The van der Waals surface area contributed by atoms with Crippen molar-refractivity contribution in [3.05, 3.63) is 35.2 Å². The van der Waals surface area contributed by atoms with E-state index in [4.69, 9.17) is 16.6 Å². The molecule has 23 heavy (non-hydrogen) atoms. The van der Waals surface area contributed by atoms with Crippen molar-refractivity contribution in [2.24, 2.45) is 0 Å². The maximum absolute atomic E-state index is 6.07. The molecule has 2 aromatic heterocycles. The van der Waals surface area contributed by atoms with Crippen LogP contribution in [0.25, 0.3) is 5.65 Å². The Hall–Kier alpha value is -0.810. The van der Waals surface area contributed by atoms with Crippen LogP contribution in [0.4, 0.5) is 0 Å². The zero-order chi connectivity index (χ0) is 15.0. The molecule has 0 unspecified atom stereocenters. The maximum atomic E-state index is 6.07. The van der Waals surface area contributed by atoms with Crippen molar-refractivity contribution in [3.8, 4) is 0 Å². The normalized spacial score (nSPS) is 21.4. The smallest absolute Gasteiger partial charge is 0.137 e. The largest absolute Gasteiger partial charge is 0.314 e. The molecule has 6 heteroatoms. The second-order valence-electron chi connectivity index (χ2n) is 6.73. The first-order chi connectivity index (χ1) is 10.8. The third-order valence-corrected chi connectivity index (χ3v) is 5.51. The summed E-state index contributed by atoms with van der Waals surface area (Å²) in [6.07, 6.45) is 10.8. The summed E-state index contributed by atoms with van der Waals surface area (Å²) in [5.74, 6) is 0. The van der Waals surface area contributed by atoms with E-state index in [1.807, 2.05) is 22.7 Å². The first kappa shape index (κ1) is 17.0. The van der Waals surface area contributed by atoms with E-state index in [0.717, 1.165) is 42.5 Å². The zero-order valence-corrected chi connectivity index (χ0v) is 14.9. The lowest BCUT2D eigenvalue weighted by Gasteiger charge is -2.49. The summed E-state index contributed by atoms with van der Waals surface area (Å²) in [5.41, 5.74) is 2.48. The fourth-order valence-corrected chi connectivity index (χ4v) is 4.29. The van der Waals surface area contributed by atoms with Crippen molar-refractivity contribution >= 4 is 29.7 Å². The van der Waals surface area contributed by atoms with Crippen LogP contribution in [0, 0.1) is 0 Å². The second-order valence-corrected chi connectivity index (χ2v) is 7.16. The van der Waals surface area contributed by atoms with Gasteiger partial charge in [0.05, 0.1) is 10.7 Å². The summed E-state index contributed by atoms with van der Waals surface area (Å²) in [4.78, 5) is 7.44. The highest BCUT2D eigenvalue weighted by Crippen LogP contribution is 2.35. The highest BCUT2D eigenvalue weighted by molar-refractivity contribution is 6.30. The van der Waals surface area contributed by atoms with Crippen molar-refractivity contribution in [2.45, 2.75) is 44.2 Å². The summed E-state index contributed by atoms with van der Waals surface area (Å²) in [7, 11) is 0. The molecular weight excluding hydrogens is 331 g/mol. The number of nitrogens with one attached hydrogen (secondary N) is 1. The molecule has 1 aliphatic carbocycles. The Bertz CT molecular complexity index is 655. The van der Waals surface area contributed by atoms with Gasteiger partial charge in [-0.15, -0.1) is 12.4 Å². The van der Waals surface area contributed by atoms with E-state index in [0.29, 0.717) is 5.54 Å². The quantitative estimate of drug-likeness (QED) is 0.895. The molecule has 1 N–H and O–H groups in total. The predicted molar refractivity (Wildman–Crippen MR) is 96.5 cm³/mol. The molecule has 0 aromatic carbocycles. The van der Waals surface area contributed by atoms with Crippen molar-refractivity contribution < 1.29 is 0 Å². The Labute approximate surface area is 148 Å². The molecule has 0 amide bonds. The van der Waals surface area contributed by atoms with Gasteiger partial charge in [-0.2, -0.15) is 0 Å². The number of nitrogens with zero attached hydrogens (tertiary/aromatic N) is 3. The monoisotopic (exact) mass is 354 g/mol. The lowest BCUT2D eigenvalue weighted by Crippen LogP contribution is -2.61. The Morgan fingerprint density at radius 1 is 1.17 bits per heavy atom. The van der Waals surface area contributed by atoms with Gasteiger partial charge in [-0.3, -0.25) is 4.90 Å². The zero-order valence-electron chi connectivity index (χ0n) is 13.3. The maximum Gasteiger partial charge on any atom is 0.137 e. The van der Waals surface area contributed by atoms with Crippen molar-refractivity contribution in [1.29, 1.82) is 0 Å². The Kier molecular flexibility index (Phi) is 5.16. The third kappa shape index (κ3) is 3.36. The van der Waals surface area contributed by atoms with Crippen LogP contribution in [-0.4, -0.2) is 39.5 Å². The summed E-state index contributed by atoms with van der Waals surface area (Å²) < 4.78 is 2.04. The molecule has 2 aromatic rings. The van der Waals surface area contributed by atoms with E-state index in [2.05, 4.69) is 16.4 Å². The second kappa shape index (κ2) is 6.98. The molecule has 2 fully saturated rings. The minimum absolute atomic E-state index is 0. The van der Waals surface area contributed by atoms with E-state index in [1.54, 1.807) is 0 Å². The summed E-state index contributed by atoms with van der Waals surface area (Å²) >= 11 is 6.07. The Balaban J connectivity index is 0.00000156. The van der Waals surface area contributed by atoms with Crippen LogP contribution >= 0.6 is 24.0 Å². The molecule has 1 aliphatic heterocycles. The van der Waals surface area contributed by atoms with Gasteiger partial charge < -0.3 is 9.72 Å². The van der Waals surface area contributed by atoms with Gasteiger partial charge in [0.25, 0.3) is 0 Å². The van der Waals surface area contributed by atoms with Crippen molar-refractivity contribution in [3.63, 3.8) is 0 Å². The van der Waals surface area contributed by atoms with E-state index in [-0.39, 0.29) is 12.4 Å². The average Bonchev–Trinajstić information content (AvgIpc) is 2.92. The highest BCUT2D eigenvalue weighted by atomic mass is 35.5. The average molecular weight is 355 g/mol. The number of imidazole rings is 1. The minimum atomic E-state index is 0. The van der Waals surface area contributed by atoms with E-state index in [1.165, 1.54) is 32.1 Å². The SMILES string of the molecule is Cl.Clc1ccc2nc(CN3CCNCC34CCCCC4)cn2c1. The van der Waals surface area contributed by atoms with Crippen LogP contribution in [0.2, 0.25) is 5.02 Å². The molecule has 0 radical (unpaired) electrons. The van der Waals surface area contributed by atoms with Gasteiger partial charge in [0.15, 0.2) is 0 Å². The molecule has 0 atom stereocenters. The van der Waals surface area contributed by atoms with Gasteiger partial charge in [-0.1, -0.05) is 30.9 Å². The fourth-order valence-electron chi connectivity index (χ4n) is 4.12. The molecule has 3 heterocycles. The Morgan fingerprint density at radius 3 is 2.83 bits per heavy atom. The highest BCUT2D eigenvalue weighted by Gasteiger charge is 2.39. The third-order valence-electron chi connectivity index (χ3n) is 5.29.